The summed E-state index contributed by atoms with van der Waals surface area (Å²) < 4.78 is 0. The molecule has 0 saturated heterocycles. The smallest absolute Gasteiger partial charge is 0.186 e. The van der Waals surface area contributed by atoms with Crippen LogP contribution in [0.1, 0.15) is 25.5 Å². The summed E-state index contributed by atoms with van der Waals surface area (Å²) in [6.07, 6.45) is -0.636. The molecule has 0 fully saturated rings. The van der Waals surface area contributed by atoms with Gasteiger partial charge in [-0.15, -0.1) is 0 Å². The second-order valence-corrected chi connectivity index (χ2v) is 2.69. The summed E-state index contributed by atoms with van der Waals surface area (Å²) in [5, 5.41) is 9.55. The molecule has 0 radical (unpaired) electrons. The average Bonchev–Trinajstić information content (AvgIpc) is 2.30. The molecule has 5 N–H and O–H groups in total. The zero-order chi connectivity index (χ0) is 11.7. The molecule has 4 heteroatoms. The van der Waals surface area contributed by atoms with E-state index < -0.39 is 6.10 Å². The van der Waals surface area contributed by atoms with Crippen molar-refractivity contribution in [3.05, 3.63) is 35.9 Å². The van der Waals surface area contributed by atoms with Crippen molar-refractivity contribution in [2.24, 2.45) is 16.5 Å². The molecule has 0 saturated carbocycles. The Morgan fingerprint density at radius 1 is 1.27 bits per heavy atom. The fourth-order valence-electron chi connectivity index (χ4n) is 0.972. The van der Waals surface area contributed by atoms with Crippen molar-refractivity contribution < 1.29 is 5.11 Å². The van der Waals surface area contributed by atoms with Crippen LogP contribution in [0.25, 0.3) is 0 Å². The van der Waals surface area contributed by atoms with Crippen molar-refractivity contribution in [2.45, 2.75) is 20.0 Å². The minimum absolute atomic E-state index is 0.00465. The topological polar surface area (TPSA) is 84.6 Å². The Balaban J connectivity index is 0.000000921. The predicted molar refractivity (Wildman–Crippen MR) is 63.4 cm³/mol. The third kappa shape index (κ3) is 5.70. The van der Waals surface area contributed by atoms with Crippen LogP contribution < -0.4 is 11.5 Å². The average molecular weight is 209 g/mol. The highest BCUT2D eigenvalue weighted by atomic mass is 16.3. The third-order valence-electron chi connectivity index (χ3n) is 1.63. The van der Waals surface area contributed by atoms with Crippen molar-refractivity contribution in [2.75, 3.05) is 6.54 Å². The van der Waals surface area contributed by atoms with Crippen LogP contribution in [0.4, 0.5) is 0 Å². The number of aliphatic hydroxyl groups excluding tert-OH is 1. The maximum absolute atomic E-state index is 9.55. The zero-order valence-electron chi connectivity index (χ0n) is 9.22. The Kier molecular flexibility index (Phi) is 7.01. The number of hydrogen-bond donors (Lipinski definition) is 3. The van der Waals surface area contributed by atoms with Crippen LogP contribution >= 0.6 is 0 Å². The fraction of sp³-hybridized carbons (Fsp3) is 0.364. The molecule has 0 bridgehead atoms. The molecule has 1 aromatic rings. The van der Waals surface area contributed by atoms with Crippen LogP contribution in [-0.4, -0.2) is 17.6 Å². The van der Waals surface area contributed by atoms with Crippen molar-refractivity contribution in [1.29, 1.82) is 0 Å². The number of aliphatic hydroxyl groups is 1. The van der Waals surface area contributed by atoms with E-state index in [1.54, 1.807) is 0 Å². The summed E-state index contributed by atoms with van der Waals surface area (Å²) >= 11 is 0. The number of nitrogens with two attached hydrogens (primary N) is 2. The lowest BCUT2D eigenvalue weighted by molar-refractivity contribution is 0.187. The normalized spacial score (nSPS) is 10.9. The number of guanidine groups is 1. The van der Waals surface area contributed by atoms with Gasteiger partial charge in [-0.2, -0.15) is 0 Å². The van der Waals surface area contributed by atoms with Gasteiger partial charge in [0, 0.05) is 0 Å². The molecule has 1 rings (SSSR count). The molecule has 15 heavy (non-hydrogen) atoms. The third-order valence-corrected chi connectivity index (χ3v) is 1.63. The molecule has 4 nitrogen and oxygen atoms in total. The number of hydrogen-bond acceptors (Lipinski definition) is 2. The first-order valence-corrected chi connectivity index (χ1v) is 4.98. The molecule has 0 aliphatic heterocycles. The molecular formula is C11H19N3O. The fourth-order valence-corrected chi connectivity index (χ4v) is 0.972. The second-order valence-electron chi connectivity index (χ2n) is 2.69. The lowest BCUT2D eigenvalue weighted by atomic mass is 10.1. The van der Waals surface area contributed by atoms with Gasteiger partial charge in [-0.1, -0.05) is 44.2 Å². The SMILES string of the molecule is CC.NC(N)=NC[C@H](O)c1ccccc1. The number of nitrogens with zero attached hydrogens (tertiary/aromatic N) is 1. The summed E-state index contributed by atoms with van der Waals surface area (Å²) in [6, 6.07) is 9.25. The molecule has 1 atom stereocenters. The first-order chi connectivity index (χ1) is 7.20. The first-order valence-electron chi connectivity index (χ1n) is 4.98. The lowest BCUT2D eigenvalue weighted by Gasteiger charge is -2.07. The molecule has 0 spiro atoms. The standard InChI is InChI=1S/C9H13N3O.C2H6/c10-9(11)12-6-8(13)7-4-2-1-3-5-7;1-2/h1-5,8,13H,6H2,(H4,10,11,12);1-2H3/t8-;/m0./s1. The predicted octanol–water partition coefficient (Wildman–Crippen LogP) is 1.02. The van der Waals surface area contributed by atoms with E-state index >= 15 is 0 Å². The minimum atomic E-state index is -0.636. The van der Waals surface area contributed by atoms with E-state index in [1.807, 2.05) is 44.2 Å². The van der Waals surface area contributed by atoms with Gasteiger partial charge < -0.3 is 16.6 Å². The Bertz CT molecular complexity index is 281. The van der Waals surface area contributed by atoms with E-state index in [1.165, 1.54) is 0 Å². The molecule has 1 aromatic carbocycles. The summed E-state index contributed by atoms with van der Waals surface area (Å²) in [4.78, 5) is 3.72. The van der Waals surface area contributed by atoms with Gasteiger partial charge in [-0.05, 0) is 5.56 Å². The van der Waals surface area contributed by atoms with Gasteiger partial charge in [0.2, 0.25) is 0 Å². The van der Waals surface area contributed by atoms with Crippen molar-refractivity contribution in [3.63, 3.8) is 0 Å². The van der Waals surface area contributed by atoms with Crippen LogP contribution in [0, 0.1) is 0 Å². The van der Waals surface area contributed by atoms with Crippen LogP contribution in [0.5, 0.6) is 0 Å². The monoisotopic (exact) mass is 209 g/mol. The Morgan fingerprint density at radius 2 is 1.80 bits per heavy atom. The summed E-state index contributed by atoms with van der Waals surface area (Å²) in [7, 11) is 0. The quantitative estimate of drug-likeness (QED) is 0.513. The highest BCUT2D eigenvalue weighted by molar-refractivity contribution is 5.75. The highest BCUT2D eigenvalue weighted by Crippen LogP contribution is 2.11. The summed E-state index contributed by atoms with van der Waals surface area (Å²) in [5.74, 6) is -0.00465. The maximum atomic E-state index is 9.55. The van der Waals surface area contributed by atoms with Gasteiger partial charge in [-0.3, -0.25) is 4.99 Å². The van der Waals surface area contributed by atoms with E-state index in [0.717, 1.165) is 5.56 Å². The van der Waals surface area contributed by atoms with Crippen LogP contribution in [0.2, 0.25) is 0 Å². The summed E-state index contributed by atoms with van der Waals surface area (Å²) in [6.45, 7) is 4.20. The first kappa shape index (κ1) is 13.4. The van der Waals surface area contributed by atoms with Crippen molar-refractivity contribution in [1.82, 2.24) is 0 Å². The molecule has 84 valence electrons. The number of aliphatic imine (C=N–C) groups is 1. The lowest BCUT2D eigenvalue weighted by Crippen LogP contribution is -2.23. The zero-order valence-corrected chi connectivity index (χ0v) is 9.22. The minimum Gasteiger partial charge on any atom is -0.386 e. The van der Waals surface area contributed by atoms with Crippen LogP contribution in [0.15, 0.2) is 35.3 Å². The van der Waals surface area contributed by atoms with E-state index in [0.29, 0.717) is 0 Å². The molecule has 0 heterocycles. The van der Waals surface area contributed by atoms with Gasteiger partial charge >= 0.3 is 0 Å². The molecule has 0 amide bonds. The van der Waals surface area contributed by atoms with Crippen molar-refractivity contribution >= 4 is 5.96 Å². The van der Waals surface area contributed by atoms with Crippen LogP contribution in [0.3, 0.4) is 0 Å². The molecule has 0 unspecified atom stereocenters. The van der Waals surface area contributed by atoms with E-state index in [-0.39, 0.29) is 12.5 Å². The van der Waals surface area contributed by atoms with E-state index in [4.69, 9.17) is 11.5 Å². The number of benzene rings is 1. The molecule has 0 aromatic heterocycles. The molecular weight excluding hydrogens is 190 g/mol. The van der Waals surface area contributed by atoms with Crippen LogP contribution in [-0.2, 0) is 0 Å². The molecule has 0 aliphatic rings. The van der Waals surface area contributed by atoms with Gasteiger partial charge in [0.05, 0.1) is 12.6 Å². The largest absolute Gasteiger partial charge is 0.386 e. The maximum Gasteiger partial charge on any atom is 0.186 e. The molecule has 0 aliphatic carbocycles. The Labute approximate surface area is 90.6 Å². The van der Waals surface area contributed by atoms with E-state index in [9.17, 15) is 5.11 Å². The Hall–Kier alpha value is -1.55. The highest BCUT2D eigenvalue weighted by Gasteiger charge is 2.04. The van der Waals surface area contributed by atoms with Gasteiger partial charge in [0.1, 0.15) is 0 Å². The van der Waals surface area contributed by atoms with Gasteiger partial charge in [-0.25, -0.2) is 0 Å². The van der Waals surface area contributed by atoms with E-state index in [2.05, 4.69) is 4.99 Å². The van der Waals surface area contributed by atoms with Gasteiger partial charge in [0.25, 0.3) is 0 Å². The van der Waals surface area contributed by atoms with Crippen molar-refractivity contribution in [3.8, 4) is 0 Å². The second kappa shape index (κ2) is 7.82. The van der Waals surface area contributed by atoms with Gasteiger partial charge in [0.15, 0.2) is 5.96 Å². The Morgan fingerprint density at radius 3 is 2.27 bits per heavy atom. The number of rotatable bonds is 3. The summed E-state index contributed by atoms with van der Waals surface area (Å²) in [5.41, 5.74) is 11.1.